The summed E-state index contributed by atoms with van der Waals surface area (Å²) in [4.78, 5) is 37.1. The Morgan fingerprint density at radius 2 is 1.59 bits per heavy atom. The third kappa shape index (κ3) is 6.84. The van der Waals surface area contributed by atoms with E-state index in [-0.39, 0.29) is 17.2 Å². The van der Waals surface area contributed by atoms with Gasteiger partial charge in [0.1, 0.15) is 0 Å². The minimum atomic E-state index is -0.217. The first-order valence-electron chi connectivity index (χ1n) is 10.5. The van der Waals surface area contributed by atoms with Crippen LogP contribution in [0.5, 0.6) is 0 Å². The normalized spacial score (nSPS) is 11.1. The van der Waals surface area contributed by atoms with E-state index in [9.17, 15) is 14.4 Å². The van der Waals surface area contributed by atoms with Gasteiger partial charge in [-0.2, -0.15) is 0 Å². The molecule has 0 amide bonds. The van der Waals surface area contributed by atoms with Crippen molar-refractivity contribution >= 4 is 32.8 Å². The molecular weight excluding hydrogens is 436 g/mol. The Morgan fingerprint density at radius 1 is 0.931 bits per heavy atom. The Hall–Kier alpha value is -1.89. The highest BCUT2D eigenvalue weighted by molar-refractivity contribution is 9.09. The molecule has 0 saturated carbocycles. The molecule has 0 aliphatic heterocycles. The van der Waals surface area contributed by atoms with Crippen molar-refractivity contribution in [2.75, 3.05) is 11.9 Å². The number of carbonyl (C=O) groups is 1. The number of rotatable bonds is 13. The zero-order valence-electron chi connectivity index (χ0n) is 17.2. The summed E-state index contributed by atoms with van der Waals surface area (Å²) in [6, 6.07) is 7.35. The van der Waals surface area contributed by atoms with Crippen LogP contribution in [0, 0.1) is 0 Å². The van der Waals surface area contributed by atoms with Crippen LogP contribution in [-0.2, 0) is 22.6 Å². The Morgan fingerprint density at radius 3 is 2.34 bits per heavy atom. The second kappa shape index (κ2) is 12.6. The van der Waals surface area contributed by atoms with Crippen molar-refractivity contribution < 1.29 is 9.53 Å². The average molecular weight is 467 g/mol. The second-order valence-electron chi connectivity index (χ2n) is 7.13. The molecule has 6 nitrogen and oxygen atoms in total. The van der Waals surface area contributed by atoms with Gasteiger partial charge < -0.3 is 4.74 Å². The molecule has 0 unspecified atom stereocenters. The molecule has 1 heterocycles. The molecule has 0 atom stereocenters. The fourth-order valence-corrected chi connectivity index (χ4v) is 3.85. The summed E-state index contributed by atoms with van der Waals surface area (Å²) in [6.07, 6.45) is 6.74. The number of fused-ring (bicyclic) bond motifs is 1. The van der Waals surface area contributed by atoms with Gasteiger partial charge in [0.2, 0.25) is 0 Å². The van der Waals surface area contributed by atoms with Crippen molar-refractivity contribution in [1.29, 1.82) is 0 Å². The molecule has 0 saturated heterocycles. The smallest absolute Gasteiger partial charge is 0.331 e. The topological polar surface area (TPSA) is 70.3 Å². The molecule has 0 aliphatic carbocycles. The standard InChI is InChI=1S/C22H31BrN2O4/c1-2-29-20(26)14-6-4-3-5-10-17-25-21(27)18-12-7-8-13-19(18)24(22(25)28)16-11-9-15-23/h7-8,12-13H,2-6,9-11,14-17H2,1H3. The summed E-state index contributed by atoms with van der Waals surface area (Å²) in [6.45, 7) is 3.27. The number of para-hydroxylation sites is 1. The number of benzene rings is 1. The summed E-state index contributed by atoms with van der Waals surface area (Å²) < 4.78 is 8.04. The van der Waals surface area contributed by atoms with Gasteiger partial charge in [0.25, 0.3) is 5.56 Å². The van der Waals surface area contributed by atoms with E-state index in [1.807, 2.05) is 25.1 Å². The fourth-order valence-electron chi connectivity index (χ4n) is 3.45. The molecule has 0 bridgehead atoms. The van der Waals surface area contributed by atoms with Gasteiger partial charge in [0, 0.05) is 24.8 Å². The van der Waals surface area contributed by atoms with Crippen molar-refractivity contribution in [2.24, 2.45) is 0 Å². The molecule has 29 heavy (non-hydrogen) atoms. The molecule has 160 valence electrons. The third-order valence-corrected chi connectivity index (χ3v) is 5.53. The lowest BCUT2D eigenvalue weighted by Crippen LogP contribution is -2.40. The maximum Gasteiger partial charge on any atom is 0.331 e. The Kier molecular flexibility index (Phi) is 10.2. The molecule has 1 aromatic heterocycles. The fraction of sp³-hybridized carbons (Fsp3) is 0.591. The van der Waals surface area contributed by atoms with Gasteiger partial charge in [-0.25, -0.2) is 4.79 Å². The molecule has 7 heteroatoms. The second-order valence-corrected chi connectivity index (χ2v) is 7.92. The molecule has 0 fully saturated rings. The minimum absolute atomic E-state index is 0.143. The first-order chi connectivity index (χ1) is 14.1. The third-order valence-electron chi connectivity index (χ3n) is 4.97. The number of ether oxygens (including phenoxy) is 1. The van der Waals surface area contributed by atoms with Crippen molar-refractivity contribution in [3.63, 3.8) is 0 Å². The summed E-state index contributed by atoms with van der Waals surface area (Å²) in [5.41, 5.74) is 0.294. The average Bonchev–Trinajstić information content (AvgIpc) is 2.72. The lowest BCUT2D eigenvalue weighted by molar-refractivity contribution is -0.143. The summed E-state index contributed by atoms with van der Waals surface area (Å²) in [7, 11) is 0. The predicted octanol–water partition coefficient (Wildman–Crippen LogP) is 4.24. The largest absolute Gasteiger partial charge is 0.466 e. The molecular formula is C22H31BrN2O4. The number of nitrogens with zero attached hydrogens (tertiary/aromatic N) is 2. The van der Waals surface area contributed by atoms with Crippen LogP contribution >= 0.6 is 15.9 Å². The van der Waals surface area contributed by atoms with Crippen molar-refractivity contribution in [3.8, 4) is 0 Å². The van der Waals surface area contributed by atoms with Gasteiger partial charge in [-0.3, -0.25) is 18.7 Å². The van der Waals surface area contributed by atoms with E-state index in [2.05, 4.69) is 15.9 Å². The number of unbranched alkanes of at least 4 members (excludes halogenated alkanes) is 5. The molecule has 0 N–H and O–H groups in total. The lowest BCUT2D eigenvalue weighted by Gasteiger charge is -2.14. The first kappa shape index (κ1) is 23.4. The van der Waals surface area contributed by atoms with Crippen molar-refractivity contribution in [1.82, 2.24) is 9.13 Å². The van der Waals surface area contributed by atoms with Gasteiger partial charge in [0.05, 0.1) is 17.5 Å². The number of esters is 1. The lowest BCUT2D eigenvalue weighted by atomic mass is 10.1. The molecule has 2 rings (SSSR count). The maximum atomic E-state index is 13.0. The van der Waals surface area contributed by atoms with Crippen LogP contribution in [-0.4, -0.2) is 27.0 Å². The van der Waals surface area contributed by atoms with Gasteiger partial charge in [-0.05, 0) is 44.7 Å². The van der Waals surface area contributed by atoms with E-state index in [4.69, 9.17) is 4.74 Å². The summed E-state index contributed by atoms with van der Waals surface area (Å²) in [5, 5.41) is 1.50. The van der Waals surface area contributed by atoms with Gasteiger partial charge in [-0.1, -0.05) is 47.3 Å². The SMILES string of the molecule is CCOC(=O)CCCCCCCn1c(=O)c2ccccc2n(CCCCBr)c1=O. The van der Waals surface area contributed by atoms with Gasteiger partial charge in [-0.15, -0.1) is 0 Å². The Labute approximate surface area is 180 Å². The number of hydrogen-bond acceptors (Lipinski definition) is 4. The van der Waals surface area contributed by atoms with Crippen LogP contribution < -0.4 is 11.2 Å². The molecule has 2 aromatic rings. The van der Waals surface area contributed by atoms with E-state index < -0.39 is 0 Å². The van der Waals surface area contributed by atoms with Gasteiger partial charge in [0.15, 0.2) is 0 Å². The highest BCUT2D eigenvalue weighted by atomic mass is 79.9. The first-order valence-corrected chi connectivity index (χ1v) is 11.7. The summed E-state index contributed by atoms with van der Waals surface area (Å²) in [5.74, 6) is -0.143. The highest BCUT2D eigenvalue weighted by Crippen LogP contribution is 2.10. The molecule has 0 radical (unpaired) electrons. The number of carbonyl (C=O) groups excluding carboxylic acids is 1. The van der Waals surface area contributed by atoms with E-state index in [0.717, 1.165) is 50.3 Å². The number of aryl methyl sites for hydroxylation is 1. The number of hydrogen-bond donors (Lipinski definition) is 0. The van der Waals surface area contributed by atoms with Crippen molar-refractivity contribution in [2.45, 2.75) is 71.4 Å². The summed E-state index contributed by atoms with van der Waals surface area (Å²) >= 11 is 3.42. The Bertz CT molecular complexity index is 904. The van der Waals surface area contributed by atoms with Crippen LogP contribution in [0.3, 0.4) is 0 Å². The zero-order chi connectivity index (χ0) is 21.1. The highest BCUT2D eigenvalue weighted by Gasteiger charge is 2.12. The number of aromatic nitrogens is 2. The Balaban J connectivity index is 1.99. The van der Waals surface area contributed by atoms with Crippen LogP contribution in [0.1, 0.15) is 58.3 Å². The van der Waals surface area contributed by atoms with E-state index in [1.165, 1.54) is 4.57 Å². The van der Waals surface area contributed by atoms with Crippen LogP contribution in [0.4, 0.5) is 0 Å². The van der Waals surface area contributed by atoms with Crippen LogP contribution in [0.15, 0.2) is 33.9 Å². The van der Waals surface area contributed by atoms with Crippen LogP contribution in [0.2, 0.25) is 0 Å². The molecule has 0 aliphatic rings. The number of alkyl halides is 1. The predicted molar refractivity (Wildman–Crippen MR) is 120 cm³/mol. The van der Waals surface area contributed by atoms with E-state index in [1.54, 1.807) is 10.6 Å². The number of halogens is 1. The van der Waals surface area contributed by atoms with Crippen LogP contribution in [0.25, 0.3) is 10.9 Å². The quantitative estimate of drug-likeness (QED) is 0.251. The minimum Gasteiger partial charge on any atom is -0.466 e. The van der Waals surface area contributed by atoms with Gasteiger partial charge >= 0.3 is 11.7 Å². The molecule has 0 spiro atoms. The molecule has 1 aromatic carbocycles. The maximum absolute atomic E-state index is 13.0. The van der Waals surface area contributed by atoms with E-state index >= 15 is 0 Å². The van der Waals surface area contributed by atoms with Crippen molar-refractivity contribution in [3.05, 3.63) is 45.1 Å². The monoisotopic (exact) mass is 466 g/mol. The zero-order valence-corrected chi connectivity index (χ0v) is 18.8. The van der Waals surface area contributed by atoms with E-state index in [0.29, 0.717) is 37.0 Å².